The highest BCUT2D eigenvalue weighted by molar-refractivity contribution is 7.10. The molecule has 2 heterocycles. The fourth-order valence-electron chi connectivity index (χ4n) is 2.35. The van der Waals surface area contributed by atoms with Crippen LogP contribution in [-0.4, -0.2) is 19.8 Å². The summed E-state index contributed by atoms with van der Waals surface area (Å²) in [5, 5.41) is 5.68. The van der Waals surface area contributed by atoms with E-state index in [2.05, 4.69) is 23.7 Å². The molecule has 1 aromatic rings. The molecule has 0 radical (unpaired) electrons. The van der Waals surface area contributed by atoms with Crippen LogP contribution in [0.3, 0.4) is 0 Å². The highest BCUT2D eigenvalue weighted by Gasteiger charge is 2.18. The molecule has 1 saturated heterocycles. The zero-order chi connectivity index (χ0) is 11.4. The number of ether oxygens (including phenoxy) is 1. The van der Waals surface area contributed by atoms with Crippen molar-refractivity contribution in [1.82, 2.24) is 5.32 Å². The second kappa shape index (κ2) is 5.80. The number of thiophene rings is 1. The van der Waals surface area contributed by atoms with E-state index in [1.807, 2.05) is 18.4 Å². The third-order valence-electron chi connectivity index (χ3n) is 3.30. The van der Waals surface area contributed by atoms with Crippen molar-refractivity contribution in [1.29, 1.82) is 0 Å². The average Bonchev–Trinajstić information content (AvgIpc) is 2.91. The van der Waals surface area contributed by atoms with Crippen molar-refractivity contribution >= 4 is 11.3 Å². The third kappa shape index (κ3) is 3.06. The van der Waals surface area contributed by atoms with Crippen molar-refractivity contribution in [3.8, 4) is 0 Å². The molecule has 1 N–H and O–H groups in total. The van der Waals surface area contributed by atoms with Crippen LogP contribution in [0.4, 0.5) is 0 Å². The first-order chi connectivity index (χ1) is 7.79. The molecule has 0 amide bonds. The van der Waals surface area contributed by atoms with Gasteiger partial charge in [0.15, 0.2) is 0 Å². The van der Waals surface area contributed by atoms with Gasteiger partial charge in [-0.2, -0.15) is 0 Å². The number of nitrogens with one attached hydrogen (secondary N) is 1. The maximum absolute atomic E-state index is 5.66. The maximum Gasteiger partial charge on any atom is 0.0576 e. The van der Waals surface area contributed by atoms with Gasteiger partial charge in [0.2, 0.25) is 0 Å². The molecule has 0 saturated carbocycles. The lowest BCUT2D eigenvalue weighted by Crippen LogP contribution is -2.18. The number of hydrogen-bond acceptors (Lipinski definition) is 3. The van der Waals surface area contributed by atoms with Crippen LogP contribution in [0.2, 0.25) is 0 Å². The lowest BCUT2D eigenvalue weighted by Gasteiger charge is -2.17. The summed E-state index contributed by atoms with van der Waals surface area (Å²) in [6.07, 6.45) is 5.36. The van der Waals surface area contributed by atoms with Crippen molar-refractivity contribution in [2.45, 2.75) is 44.8 Å². The molecule has 90 valence electrons. The van der Waals surface area contributed by atoms with Crippen LogP contribution < -0.4 is 5.32 Å². The molecule has 16 heavy (non-hydrogen) atoms. The smallest absolute Gasteiger partial charge is 0.0576 e. The lowest BCUT2D eigenvalue weighted by molar-refractivity contribution is 0.0998. The topological polar surface area (TPSA) is 21.3 Å². The predicted octanol–water partition coefficient (Wildman–Crippen LogP) is 3.28. The van der Waals surface area contributed by atoms with Crippen molar-refractivity contribution in [3.05, 3.63) is 21.9 Å². The molecule has 0 spiro atoms. The molecule has 2 unspecified atom stereocenters. The second-order valence-corrected chi connectivity index (χ2v) is 5.66. The Hall–Kier alpha value is -0.380. The van der Waals surface area contributed by atoms with Gasteiger partial charge in [0.1, 0.15) is 0 Å². The SMILES string of the molecule is CNC(CCC1CCCO1)c1csc(C)c1. The fourth-order valence-corrected chi connectivity index (χ4v) is 3.11. The monoisotopic (exact) mass is 239 g/mol. The van der Waals surface area contributed by atoms with Gasteiger partial charge in [0.05, 0.1) is 6.10 Å². The van der Waals surface area contributed by atoms with Crippen LogP contribution >= 0.6 is 11.3 Å². The van der Waals surface area contributed by atoms with Gasteiger partial charge in [-0.05, 0) is 56.7 Å². The zero-order valence-electron chi connectivity index (χ0n) is 10.2. The van der Waals surface area contributed by atoms with E-state index in [0.29, 0.717) is 12.1 Å². The Morgan fingerprint density at radius 1 is 1.62 bits per heavy atom. The van der Waals surface area contributed by atoms with Gasteiger partial charge < -0.3 is 10.1 Å². The Labute approximate surface area is 102 Å². The van der Waals surface area contributed by atoms with Crippen molar-refractivity contribution < 1.29 is 4.74 Å². The van der Waals surface area contributed by atoms with Gasteiger partial charge in [0.25, 0.3) is 0 Å². The van der Waals surface area contributed by atoms with Gasteiger partial charge in [-0.25, -0.2) is 0 Å². The summed E-state index contributed by atoms with van der Waals surface area (Å²) < 4.78 is 5.66. The highest BCUT2D eigenvalue weighted by atomic mass is 32.1. The number of hydrogen-bond donors (Lipinski definition) is 1. The molecule has 2 atom stereocenters. The Balaban J connectivity index is 1.85. The number of aryl methyl sites for hydroxylation is 1. The van der Waals surface area contributed by atoms with Crippen molar-refractivity contribution in [2.24, 2.45) is 0 Å². The Morgan fingerprint density at radius 3 is 3.06 bits per heavy atom. The minimum Gasteiger partial charge on any atom is -0.378 e. The Kier molecular flexibility index (Phi) is 4.38. The molecule has 3 heteroatoms. The molecule has 2 rings (SSSR count). The summed E-state index contributed by atoms with van der Waals surface area (Å²) in [7, 11) is 2.05. The molecule has 2 nitrogen and oxygen atoms in total. The summed E-state index contributed by atoms with van der Waals surface area (Å²) >= 11 is 1.83. The van der Waals surface area contributed by atoms with E-state index in [4.69, 9.17) is 4.74 Å². The molecule has 1 aromatic heterocycles. The van der Waals surface area contributed by atoms with Gasteiger partial charge in [-0.3, -0.25) is 0 Å². The van der Waals surface area contributed by atoms with Crippen LogP contribution in [0.25, 0.3) is 0 Å². The molecule has 0 bridgehead atoms. The molecule has 0 aliphatic carbocycles. The predicted molar refractivity (Wildman–Crippen MR) is 69.1 cm³/mol. The summed E-state index contributed by atoms with van der Waals surface area (Å²) in [6, 6.07) is 2.79. The summed E-state index contributed by atoms with van der Waals surface area (Å²) in [5.74, 6) is 0. The van der Waals surface area contributed by atoms with E-state index in [9.17, 15) is 0 Å². The first-order valence-corrected chi connectivity index (χ1v) is 7.01. The van der Waals surface area contributed by atoms with Crippen LogP contribution in [0.15, 0.2) is 11.4 Å². The number of rotatable bonds is 5. The van der Waals surface area contributed by atoms with Crippen LogP contribution in [0, 0.1) is 6.92 Å². The minimum atomic E-state index is 0.495. The van der Waals surface area contributed by atoms with Crippen molar-refractivity contribution in [2.75, 3.05) is 13.7 Å². The van der Waals surface area contributed by atoms with Crippen LogP contribution in [0.1, 0.15) is 42.2 Å². The van der Waals surface area contributed by atoms with Crippen molar-refractivity contribution in [3.63, 3.8) is 0 Å². The summed E-state index contributed by atoms with van der Waals surface area (Å²) in [6.45, 7) is 3.13. The van der Waals surface area contributed by atoms with Gasteiger partial charge in [0, 0.05) is 17.5 Å². The van der Waals surface area contributed by atoms with Gasteiger partial charge >= 0.3 is 0 Å². The summed E-state index contributed by atoms with van der Waals surface area (Å²) in [4.78, 5) is 1.40. The van der Waals surface area contributed by atoms with Crippen LogP contribution in [0.5, 0.6) is 0 Å². The largest absolute Gasteiger partial charge is 0.378 e. The van der Waals surface area contributed by atoms with E-state index >= 15 is 0 Å². The molecular weight excluding hydrogens is 218 g/mol. The fraction of sp³-hybridized carbons (Fsp3) is 0.692. The standard InChI is InChI=1S/C13H21NOS/c1-10-8-11(9-16-10)13(14-2)6-5-12-4-3-7-15-12/h8-9,12-14H,3-7H2,1-2H3. The zero-order valence-corrected chi connectivity index (χ0v) is 11.0. The van der Waals surface area contributed by atoms with E-state index in [1.165, 1.54) is 36.1 Å². The first kappa shape index (κ1) is 12.1. The van der Waals surface area contributed by atoms with Gasteiger partial charge in [-0.15, -0.1) is 11.3 Å². The maximum atomic E-state index is 5.66. The molecule has 0 aromatic carbocycles. The highest BCUT2D eigenvalue weighted by Crippen LogP contribution is 2.26. The molecule has 1 fully saturated rings. The van der Waals surface area contributed by atoms with E-state index in [-0.39, 0.29) is 0 Å². The van der Waals surface area contributed by atoms with E-state index < -0.39 is 0 Å². The Bertz CT molecular complexity index is 317. The lowest BCUT2D eigenvalue weighted by atomic mass is 10.0. The normalized spacial score (nSPS) is 22.5. The van der Waals surface area contributed by atoms with Crippen LogP contribution in [-0.2, 0) is 4.74 Å². The molecular formula is C13H21NOS. The van der Waals surface area contributed by atoms with Gasteiger partial charge in [-0.1, -0.05) is 0 Å². The average molecular weight is 239 g/mol. The Morgan fingerprint density at radius 2 is 2.50 bits per heavy atom. The summed E-state index contributed by atoms with van der Waals surface area (Å²) in [5.41, 5.74) is 1.43. The van der Waals surface area contributed by atoms with E-state index in [1.54, 1.807) is 0 Å². The quantitative estimate of drug-likeness (QED) is 0.851. The second-order valence-electron chi connectivity index (χ2n) is 4.54. The molecule has 1 aliphatic rings. The first-order valence-electron chi connectivity index (χ1n) is 6.13. The minimum absolute atomic E-state index is 0.495. The third-order valence-corrected chi connectivity index (χ3v) is 4.18. The molecule has 1 aliphatic heterocycles. The van der Waals surface area contributed by atoms with E-state index in [0.717, 1.165) is 6.61 Å².